The van der Waals surface area contributed by atoms with Gasteiger partial charge in [0.2, 0.25) is 5.78 Å². The predicted octanol–water partition coefficient (Wildman–Crippen LogP) is 3.22. The van der Waals surface area contributed by atoms with Gasteiger partial charge in [0, 0.05) is 17.1 Å². The van der Waals surface area contributed by atoms with Gasteiger partial charge in [0.15, 0.2) is 16.7 Å². The number of thiazole rings is 1. The van der Waals surface area contributed by atoms with E-state index in [0.717, 1.165) is 0 Å². The van der Waals surface area contributed by atoms with E-state index in [9.17, 15) is 19.8 Å². The van der Waals surface area contributed by atoms with Gasteiger partial charge < -0.3 is 14.6 Å². The Kier molecular flexibility index (Phi) is 3.81. The number of furan rings is 1. The number of nitrogens with zero attached hydrogens (tertiary/aromatic N) is 2. The second kappa shape index (κ2) is 6.16. The van der Waals surface area contributed by atoms with Gasteiger partial charge in [0.1, 0.15) is 11.8 Å². The summed E-state index contributed by atoms with van der Waals surface area (Å²) in [6.07, 6.45) is 2.84. The summed E-state index contributed by atoms with van der Waals surface area (Å²) in [6.45, 7) is 0. The molecule has 7 nitrogen and oxygen atoms in total. The minimum absolute atomic E-state index is 0.0132. The van der Waals surface area contributed by atoms with Gasteiger partial charge in [-0.2, -0.15) is 0 Å². The fourth-order valence-electron chi connectivity index (χ4n) is 2.92. The van der Waals surface area contributed by atoms with E-state index in [1.165, 1.54) is 46.9 Å². The van der Waals surface area contributed by atoms with Crippen molar-refractivity contribution in [2.24, 2.45) is 0 Å². The van der Waals surface area contributed by atoms with Crippen LogP contribution in [-0.2, 0) is 4.79 Å². The van der Waals surface area contributed by atoms with Crippen LogP contribution in [0.2, 0.25) is 0 Å². The molecule has 0 radical (unpaired) electrons. The van der Waals surface area contributed by atoms with Crippen molar-refractivity contribution in [1.82, 2.24) is 4.98 Å². The van der Waals surface area contributed by atoms with Crippen molar-refractivity contribution in [2.75, 3.05) is 4.90 Å². The Morgan fingerprint density at radius 1 is 1.19 bits per heavy atom. The first-order chi connectivity index (χ1) is 12.6. The second-order valence-electron chi connectivity index (χ2n) is 5.52. The number of rotatable bonds is 4. The molecule has 1 aliphatic rings. The van der Waals surface area contributed by atoms with Crippen LogP contribution in [0.15, 0.2) is 70.0 Å². The molecule has 130 valence electrons. The fourth-order valence-corrected chi connectivity index (χ4v) is 3.59. The average molecular weight is 368 g/mol. The van der Waals surface area contributed by atoms with Crippen molar-refractivity contribution < 1.29 is 24.2 Å². The van der Waals surface area contributed by atoms with E-state index in [1.54, 1.807) is 23.6 Å². The molecule has 26 heavy (non-hydrogen) atoms. The van der Waals surface area contributed by atoms with Gasteiger partial charge in [-0.1, -0.05) is 18.2 Å². The second-order valence-corrected chi connectivity index (χ2v) is 6.39. The van der Waals surface area contributed by atoms with Crippen LogP contribution in [0.1, 0.15) is 22.2 Å². The van der Waals surface area contributed by atoms with E-state index in [4.69, 9.17) is 4.42 Å². The predicted molar refractivity (Wildman–Crippen MR) is 93.1 cm³/mol. The molecule has 1 amide bonds. The number of phenolic OH excluding ortho intramolecular Hbond substituents is 1. The number of anilines is 1. The van der Waals surface area contributed by atoms with Gasteiger partial charge in [-0.15, -0.1) is 11.3 Å². The first kappa shape index (κ1) is 16.1. The maximum atomic E-state index is 12.9. The number of benzene rings is 1. The third-order valence-corrected chi connectivity index (χ3v) is 4.83. The monoisotopic (exact) mass is 368 g/mol. The Morgan fingerprint density at radius 3 is 2.65 bits per heavy atom. The maximum Gasteiger partial charge on any atom is 0.296 e. The SMILES string of the molecule is O=C(C1=C(O)C(=O)N(c2nccs2)[C@@H]1c1ccccc1O)c1ccco1. The van der Waals surface area contributed by atoms with Crippen LogP contribution in [0.3, 0.4) is 0 Å². The summed E-state index contributed by atoms with van der Waals surface area (Å²) in [7, 11) is 0. The molecular weight excluding hydrogens is 356 g/mol. The molecule has 2 aromatic heterocycles. The molecule has 8 heteroatoms. The zero-order valence-corrected chi connectivity index (χ0v) is 14.0. The number of para-hydroxylation sites is 1. The third kappa shape index (κ3) is 2.39. The number of hydrogen-bond donors (Lipinski definition) is 2. The number of aromatic hydroxyl groups is 1. The molecule has 0 aliphatic carbocycles. The van der Waals surface area contributed by atoms with E-state index in [0.29, 0.717) is 10.7 Å². The van der Waals surface area contributed by atoms with Crippen LogP contribution in [-0.4, -0.2) is 26.9 Å². The van der Waals surface area contributed by atoms with Crippen LogP contribution in [0.5, 0.6) is 5.75 Å². The van der Waals surface area contributed by atoms with Gasteiger partial charge in [-0.3, -0.25) is 14.5 Å². The molecule has 0 unspecified atom stereocenters. The van der Waals surface area contributed by atoms with E-state index in [1.807, 2.05) is 0 Å². The number of hydrogen-bond acceptors (Lipinski definition) is 7. The molecule has 0 saturated heterocycles. The Bertz CT molecular complexity index is 1010. The molecule has 3 aromatic rings. The molecule has 3 heterocycles. The summed E-state index contributed by atoms with van der Waals surface area (Å²) in [5, 5.41) is 22.7. The lowest BCUT2D eigenvalue weighted by Gasteiger charge is -2.24. The summed E-state index contributed by atoms with van der Waals surface area (Å²) in [5.41, 5.74) is 0.136. The normalized spacial score (nSPS) is 17.2. The number of aliphatic hydroxyl groups is 1. The van der Waals surface area contributed by atoms with E-state index in [2.05, 4.69) is 4.98 Å². The number of carbonyl (C=O) groups is 2. The Hall–Kier alpha value is -3.39. The zero-order valence-electron chi connectivity index (χ0n) is 13.2. The van der Waals surface area contributed by atoms with Crippen LogP contribution >= 0.6 is 11.3 Å². The molecule has 0 saturated carbocycles. The highest BCUT2D eigenvalue weighted by molar-refractivity contribution is 7.13. The molecule has 1 aromatic carbocycles. The number of aliphatic hydroxyl groups excluding tert-OH is 1. The van der Waals surface area contributed by atoms with Gasteiger partial charge in [-0.05, 0) is 18.2 Å². The van der Waals surface area contributed by atoms with Crippen molar-refractivity contribution in [1.29, 1.82) is 0 Å². The minimum Gasteiger partial charge on any atom is -0.508 e. The Balaban J connectivity index is 1.91. The molecular formula is C18H12N2O5S. The zero-order chi connectivity index (χ0) is 18.3. The Labute approximate surface area is 151 Å². The lowest BCUT2D eigenvalue weighted by atomic mass is 9.94. The van der Waals surface area contributed by atoms with Crippen molar-refractivity contribution in [3.8, 4) is 5.75 Å². The van der Waals surface area contributed by atoms with Crippen LogP contribution in [0.25, 0.3) is 0 Å². The van der Waals surface area contributed by atoms with Gasteiger partial charge in [0.25, 0.3) is 5.91 Å². The van der Waals surface area contributed by atoms with Gasteiger partial charge in [-0.25, -0.2) is 4.98 Å². The number of amides is 1. The summed E-state index contributed by atoms with van der Waals surface area (Å²) in [5.74, 6) is -2.20. The quantitative estimate of drug-likeness (QED) is 0.685. The molecule has 0 spiro atoms. The lowest BCUT2D eigenvalue weighted by molar-refractivity contribution is -0.117. The highest BCUT2D eigenvalue weighted by Crippen LogP contribution is 2.44. The number of phenols is 1. The van der Waals surface area contributed by atoms with Crippen LogP contribution in [0.4, 0.5) is 5.13 Å². The van der Waals surface area contributed by atoms with E-state index >= 15 is 0 Å². The summed E-state index contributed by atoms with van der Waals surface area (Å²) < 4.78 is 5.13. The largest absolute Gasteiger partial charge is 0.508 e. The molecule has 0 fully saturated rings. The Morgan fingerprint density at radius 2 is 2.00 bits per heavy atom. The number of aromatic nitrogens is 1. The topological polar surface area (TPSA) is 104 Å². The maximum absolute atomic E-state index is 12.9. The molecule has 4 rings (SSSR count). The molecule has 1 atom stereocenters. The molecule has 1 aliphatic heterocycles. The van der Waals surface area contributed by atoms with Crippen molar-refractivity contribution in [2.45, 2.75) is 6.04 Å². The van der Waals surface area contributed by atoms with Gasteiger partial charge in [0.05, 0.1) is 11.8 Å². The first-order valence-electron chi connectivity index (χ1n) is 7.62. The van der Waals surface area contributed by atoms with Crippen molar-refractivity contribution in [3.63, 3.8) is 0 Å². The molecule has 0 bridgehead atoms. The number of carbonyl (C=O) groups excluding carboxylic acids is 2. The lowest BCUT2D eigenvalue weighted by Crippen LogP contribution is -2.31. The number of ketones is 1. The smallest absolute Gasteiger partial charge is 0.296 e. The third-order valence-electron chi connectivity index (χ3n) is 4.05. The standard InChI is InChI=1S/C18H12N2O5S/c21-11-5-2-1-4-10(11)14-13(15(22)12-6-3-8-25-12)16(23)17(24)20(14)18-19-7-9-26-18/h1-9,14,21,23H/t14-/m1/s1. The highest BCUT2D eigenvalue weighted by atomic mass is 32.1. The molecule has 2 N–H and O–H groups in total. The van der Waals surface area contributed by atoms with E-state index < -0.39 is 23.5 Å². The van der Waals surface area contributed by atoms with Crippen LogP contribution in [0, 0.1) is 0 Å². The minimum atomic E-state index is -1.02. The first-order valence-corrected chi connectivity index (χ1v) is 8.50. The van der Waals surface area contributed by atoms with Crippen molar-refractivity contribution in [3.05, 3.63) is 76.9 Å². The highest BCUT2D eigenvalue weighted by Gasteiger charge is 2.47. The van der Waals surface area contributed by atoms with Gasteiger partial charge >= 0.3 is 0 Å². The summed E-state index contributed by atoms with van der Waals surface area (Å²) in [4.78, 5) is 30.9. The fraction of sp³-hybridized carbons (Fsp3) is 0.0556. The number of Topliss-reactive ketones (excluding diaryl/α,β-unsaturated/α-hetero) is 1. The summed E-state index contributed by atoms with van der Waals surface area (Å²) in [6, 6.07) is 8.29. The van der Waals surface area contributed by atoms with E-state index in [-0.39, 0.29) is 17.1 Å². The summed E-state index contributed by atoms with van der Waals surface area (Å²) >= 11 is 1.18. The van der Waals surface area contributed by atoms with Crippen LogP contribution < -0.4 is 4.90 Å². The van der Waals surface area contributed by atoms with Crippen molar-refractivity contribution >= 4 is 28.2 Å². The average Bonchev–Trinajstić information content (AvgIpc) is 3.37.